The van der Waals surface area contributed by atoms with Crippen LogP contribution in [0.4, 0.5) is 0 Å². The minimum atomic E-state index is 0.655. The fraction of sp³-hybridized carbons (Fsp3) is 0.667. The third-order valence-corrected chi connectivity index (χ3v) is 3.81. The van der Waals surface area contributed by atoms with Crippen LogP contribution in [0, 0.1) is 5.92 Å². The standard InChI is InChI=1S/C12H23P/c1-7-11(9(3)4)10(5)12(8-2)13-6/h7,9,13H,8H2,1-6H3/b11-7-,12-10+. The summed E-state index contributed by atoms with van der Waals surface area (Å²) in [6.45, 7) is 13.5. The third-order valence-electron chi connectivity index (χ3n) is 2.47. The molecule has 0 saturated heterocycles. The van der Waals surface area contributed by atoms with E-state index in [4.69, 9.17) is 0 Å². The van der Waals surface area contributed by atoms with Gasteiger partial charge in [0.2, 0.25) is 0 Å². The highest BCUT2D eigenvalue weighted by Gasteiger charge is 2.07. The van der Waals surface area contributed by atoms with Crippen molar-refractivity contribution in [2.75, 3.05) is 6.66 Å². The molecule has 0 rings (SSSR count). The van der Waals surface area contributed by atoms with Crippen molar-refractivity contribution in [1.29, 1.82) is 0 Å². The van der Waals surface area contributed by atoms with Crippen molar-refractivity contribution in [3.05, 3.63) is 22.5 Å². The van der Waals surface area contributed by atoms with Gasteiger partial charge in [-0.15, -0.1) is 0 Å². The highest BCUT2D eigenvalue weighted by Crippen LogP contribution is 2.32. The van der Waals surface area contributed by atoms with E-state index in [0.29, 0.717) is 5.92 Å². The Labute approximate surface area is 85.3 Å². The lowest BCUT2D eigenvalue weighted by Crippen LogP contribution is -1.97. The molecule has 0 aromatic heterocycles. The Balaban J connectivity index is 4.91. The van der Waals surface area contributed by atoms with Gasteiger partial charge in [-0.05, 0) is 49.3 Å². The van der Waals surface area contributed by atoms with E-state index in [-0.39, 0.29) is 0 Å². The van der Waals surface area contributed by atoms with Gasteiger partial charge >= 0.3 is 0 Å². The molecule has 13 heavy (non-hydrogen) atoms. The lowest BCUT2D eigenvalue weighted by Gasteiger charge is -2.15. The first-order chi connectivity index (χ1) is 6.08. The molecule has 0 fully saturated rings. The third kappa shape index (κ3) is 3.65. The molecule has 0 heterocycles. The van der Waals surface area contributed by atoms with Crippen molar-refractivity contribution in [3.8, 4) is 0 Å². The molecule has 0 aliphatic heterocycles. The molecule has 0 aliphatic rings. The van der Waals surface area contributed by atoms with Crippen LogP contribution < -0.4 is 0 Å². The first-order valence-electron chi connectivity index (χ1n) is 5.12. The summed E-state index contributed by atoms with van der Waals surface area (Å²) in [6, 6.07) is 0. The van der Waals surface area contributed by atoms with Gasteiger partial charge in [-0.3, -0.25) is 0 Å². The van der Waals surface area contributed by atoms with E-state index < -0.39 is 0 Å². The lowest BCUT2D eigenvalue weighted by molar-refractivity contribution is 0.773. The summed E-state index contributed by atoms with van der Waals surface area (Å²) in [7, 11) is 0.957. The Hall–Kier alpha value is -0.0900. The molecule has 0 aliphatic carbocycles. The van der Waals surface area contributed by atoms with Crippen molar-refractivity contribution in [1.82, 2.24) is 0 Å². The van der Waals surface area contributed by atoms with Crippen molar-refractivity contribution >= 4 is 8.58 Å². The normalized spacial score (nSPS) is 15.8. The quantitative estimate of drug-likeness (QED) is 0.458. The lowest BCUT2D eigenvalue weighted by atomic mass is 9.95. The second kappa shape index (κ2) is 6.38. The highest BCUT2D eigenvalue weighted by atomic mass is 31.1. The van der Waals surface area contributed by atoms with Gasteiger partial charge in [0, 0.05) is 0 Å². The first-order valence-corrected chi connectivity index (χ1v) is 6.62. The van der Waals surface area contributed by atoms with Gasteiger partial charge in [-0.25, -0.2) is 0 Å². The molecule has 0 radical (unpaired) electrons. The number of rotatable bonds is 4. The fourth-order valence-corrected chi connectivity index (χ4v) is 2.66. The molecule has 0 nitrogen and oxygen atoms in total. The Kier molecular flexibility index (Phi) is 6.33. The number of hydrogen-bond donors (Lipinski definition) is 0. The number of allylic oxidation sites excluding steroid dienone is 4. The minimum Gasteiger partial charge on any atom is -0.0978 e. The molecule has 0 aromatic carbocycles. The second-order valence-corrected chi connectivity index (χ2v) is 4.71. The summed E-state index contributed by atoms with van der Waals surface area (Å²) < 4.78 is 0. The first kappa shape index (κ1) is 12.9. The zero-order chi connectivity index (χ0) is 10.4. The van der Waals surface area contributed by atoms with Crippen LogP contribution in [0.2, 0.25) is 0 Å². The highest BCUT2D eigenvalue weighted by molar-refractivity contribution is 7.42. The predicted octanol–water partition coefficient (Wildman–Crippen LogP) is 4.58. The summed E-state index contributed by atoms with van der Waals surface area (Å²) in [6.07, 6.45) is 3.46. The number of hydrogen-bond acceptors (Lipinski definition) is 0. The maximum absolute atomic E-state index is 2.27. The topological polar surface area (TPSA) is 0 Å². The van der Waals surface area contributed by atoms with E-state index in [1.165, 1.54) is 17.6 Å². The molecule has 76 valence electrons. The molecular formula is C12H23P. The van der Waals surface area contributed by atoms with E-state index in [9.17, 15) is 0 Å². The molecular weight excluding hydrogens is 175 g/mol. The van der Waals surface area contributed by atoms with Crippen LogP contribution >= 0.6 is 8.58 Å². The Morgan fingerprint density at radius 1 is 1.38 bits per heavy atom. The van der Waals surface area contributed by atoms with E-state index in [1.54, 1.807) is 5.31 Å². The Morgan fingerprint density at radius 3 is 2.15 bits per heavy atom. The summed E-state index contributed by atoms with van der Waals surface area (Å²) in [5.74, 6) is 0.655. The summed E-state index contributed by atoms with van der Waals surface area (Å²) in [4.78, 5) is 0. The van der Waals surface area contributed by atoms with Gasteiger partial charge in [0.05, 0.1) is 0 Å². The predicted molar refractivity (Wildman–Crippen MR) is 65.8 cm³/mol. The zero-order valence-corrected chi connectivity index (χ0v) is 10.9. The van der Waals surface area contributed by atoms with Gasteiger partial charge < -0.3 is 0 Å². The van der Waals surface area contributed by atoms with E-state index in [2.05, 4.69) is 47.4 Å². The van der Waals surface area contributed by atoms with Crippen LogP contribution in [0.3, 0.4) is 0 Å². The summed E-state index contributed by atoms with van der Waals surface area (Å²) in [5.41, 5.74) is 3.05. The van der Waals surface area contributed by atoms with Crippen molar-refractivity contribution < 1.29 is 0 Å². The van der Waals surface area contributed by atoms with Gasteiger partial charge in [-0.2, -0.15) is 0 Å². The molecule has 0 N–H and O–H groups in total. The Morgan fingerprint density at radius 2 is 1.92 bits per heavy atom. The Bertz CT molecular complexity index is 203. The van der Waals surface area contributed by atoms with Crippen LogP contribution in [0.5, 0.6) is 0 Å². The summed E-state index contributed by atoms with van der Waals surface area (Å²) >= 11 is 0. The van der Waals surface area contributed by atoms with Crippen molar-refractivity contribution in [2.45, 2.75) is 41.0 Å². The monoisotopic (exact) mass is 198 g/mol. The SMILES string of the molecule is C/C=C(\C(C)=C(/CC)PC)C(C)C. The van der Waals surface area contributed by atoms with Gasteiger partial charge in [0.15, 0.2) is 0 Å². The maximum atomic E-state index is 2.27. The maximum Gasteiger partial charge on any atom is -0.0219 e. The van der Waals surface area contributed by atoms with E-state index in [0.717, 1.165) is 8.58 Å². The van der Waals surface area contributed by atoms with E-state index in [1.807, 2.05) is 0 Å². The molecule has 0 spiro atoms. The van der Waals surface area contributed by atoms with Gasteiger partial charge in [0.25, 0.3) is 0 Å². The van der Waals surface area contributed by atoms with Crippen LogP contribution in [0.1, 0.15) is 41.0 Å². The molecule has 1 atom stereocenters. The average molecular weight is 198 g/mol. The molecule has 1 heteroatoms. The molecule has 0 amide bonds. The van der Waals surface area contributed by atoms with Crippen LogP contribution in [0.25, 0.3) is 0 Å². The van der Waals surface area contributed by atoms with Gasteiger partial charge in [-0.1, -0.05) is 35.4 Å². The fourth-order valence-electron chi connectivity index (χ4n) is 1.79. The largest absolute Gasteiger partial charge is 0.0978 e. The average Bonchev–Trinajstić information content (AvgIpc) is 2.07. The molecule has 0 saturated carbocycles. The minimum absolute atomic E-state index is 0.655. The van der Waals surface area contributed by atoms with Crippen LogP contribution in [0.15, 0.2) is 22.5 Å². The van der Waals surface area contributed by atoms with Crippen LogP contribution in [-0.2, 0) is 0 Å². The summed E-state index contributed by atoms with van der Waals surface area (Å²) in [5, 5.41) is 1.63. The van der Waals surface area contributed by atoms with Crippen molar-refractivity contribution in [2.24, 2.45) is 5.92 Å². The smallest absolute Gasteiger partial charge is 0.0219 e. The molecule has 1 unspecified atom stereocenters. The van der Waals surface area contributed by atoms with Crippen molar-refractivity contribution in [3.63, 3.8) is 0 Å². The second-order valence-electron chi connectivity index (χ2n) is 3.61. The molecule has 0 bridgehead atoms. The van der Waals surface area contributed by atoms with E-state index >= 15 is 0 Å². The van der Waals surface area contributed by atoms with Crippen LogP contribution in [-0.4, -0.2) is 6.66 Å². The molecule has 0 aromatic rings. The van der Waals surface area contributed by atoms with Gasteiger partial charge in [0.1, 0.15) is 0 Å². The zero-order valence-electron chi connectivity index (χ0n) is 9.86.